The van der Waals surface area contributed by atoms with Crippen LogP contribution in [0, 0.1) is 12.1 Å². The van der Waals surface area contributed by atoms with Crippen molar-refractivity contribution in [3.8, 4) is 0 Å². The van der Waals surface area contributed by atoms with Gasteiger partial charge in [0.1, 0.15) is 0 Å². The molecule has 0 aromatic heterocycles. The topological polar surface area (TPSA) is 0 Å². The Balaban J connectivity index is 0.000000249. The second-order valence-corrected chi connectivity index (χ2v) is 16.8. The Hall–Kier alpha value is -1.17. The SMILES string of the molecule is S=[As]([S-])(c1ccccc1)c1ccccc1.[Sb].[c]1ccccc1.[c]1ccccc1. The van der Waals surface area contributed by atoms with Crippen molar-refractivity contribution >= 4 is 65.1 Å². The van der Waals surface area contributed by atoms with Gasteiger partial charge in [0.05, 0.1) is 0 Å². The van der Waals surface area contributed by atoms with Crippen molar-refractivity contribution in [1.82, 2.24) is 0 Å². The third-order valence-corrected chi connectivity index (χ3v) is 11.9. The van der Waals surface area contributed by atoms with Gasteiger partial charge in [-0.1, -0.05) is 60.7 Å². The zero-order valence-corrected chi connectivity index (χ0v) is 21.3. The van der Waals surface area contributed by atoms with Gasteiger partial charge in [0.2, 0.25) is 0 Å². The summed E-state index contributed by atoms with van der Waals surface area (Å²) in [6.45, 7) is 0. The largest absolute Gasteiger partial charge is 0.0622 e. The van der Waals surface area contributed by atoms with E-state index >= 15 is 0 Å². The van der Waals surface area contributed by atoms with Crippen LogP contribution in [0.15, 0.2) is 121 Å². The first kappa shape index (κ1) is 24.9. The molecule has 0 amide bonds. The number of hydrogen-bond donors (Lipinski definition) is 0. The fourth-order valence-electron chi connectivity index (χ4n) is 2.08. The van der Waals surface area contributed by atoms with Crippen LogP contribution in [-0.4, -0.2) is 35.1 Å². The number of benzene rings is 4. The molecule has 0 atom stereocenters. The van der Waals surface area contributed by atoms with Crippen LogP contribution >= 0.6 is 10.4 Å². The first-order chi connectivity index (χ1) is 13.2. The molecule has 0 saturated heterocycles. The fourth-order valence-corrected chi connectivity index (χ4v) is 7.61. The molecular weight excluding hydrogens is 549 g/mol. The van der Waals surface area contributed by atoms with Gasteiger partial charge in [-0.05, 0) is 12.1 Å². The monoisotopic (exact) mass is 568 g/mol. The molecule has 0 aliphatic heterocycles. The summed E-state index contributed by atoms with van der Waals surface area (Å²) >= 11 is 0. The maximum atomic E-state index is 5.66. The molecule has 0 unspecified atom stereocenters. The van der Waals surface area contributed by atoms with Crippen molar-refractivity contribution in [2.45, 2.75) is 0 Å². The van der Waals surface area contributed by atoms with Gasteiger partial charge in [0, 0.05) is 24.4 Å². The Morgan fingerprint density at radius 1 is 0.536 bits per heavy atom. The van der Waals surface area contributed by atoms with Crippen LogP contribution in [0.25, 0.3) is 0 Å². The quantitative estimate of drug-likeness (QED) is 0.256. The smallest absolute Gasteiger partial charge is 0 e. The third kappa shape index (κ3) is 9.35. The molecule has 0 N–H and O–H groups in total. The standard InChI is InChI=1S/C12H11AsS2.2C6H5.Sb/c14-13(15,11-7-3-1-4-8-11)12-9-5-2-6-10-12;2*1-2-4-6-5-3-1;/h1-10H,(H,14,15);2*1-5H;/p-1. The van der Waals surface area contributed by atoms with E-state index in [4.69, 9.17) is 21.3 Å². The fraction of sp³-hybridized carbons (Fsp3) is 0. The van der Waals surface area contributed by atoms with Gasteiger partial charge in [-0.25, -0.2) is 0 Å². The van der Waals surface area contributed by atoms with Gasteiger partial charge in [0.25, 0.3) is 0 Å². The van der Waals surface area contributed by atoms with E-state index in [1.807, 2.05) is 97.1 Å². The van der Waals surface area contributed by atoms with E-state index in [1.54, 1.807) is 0 Å². The normalized spacial score (nSPS) is 9.46. The van der Waals surface area contributed by atoms with Gasteiger partial charge < -0.3 is 0 Å². The molecule has 0 aliphatic rings. The van der Waals surface area contributed by atoms with E-state index in [-0.39, 0.29) is 24.4 Å². The molecule has 4 heteroatoms. The summed E-state index contributed by atoms with van der Waals surface area (Å²) < 4.78 is 2.32. The summed E-state index contributed by atoms with van der Waals surface area (Å²) in [6.07, 6.45) is 0. The second kappa shape index (κ2) is 14.8. The molecule has 5 radical (unpaired) electrons. The van der Waals surface area contributed by atoms with Gasteiger partial charge in [0.15, 0.2) is 0 Å². The molecule has 4 aromatic carbocycles. The molecule has 0 fully saturated rings. The predicted octanol–water partition coefficient (Wildman–Crippen LogP) is 4.58. The molecular formula is C24H20AsS2Sb-. The molecule has 4 aromatic rings. The zero-order chi connectivity index (χ0) is 19.2. The molecule has 4 rings (SSSR count). The summed E-state index contributed by atoms with van der Waals surface area (Å²) in [6, 6.07) is 45.2. The van der Waals surface area contributed by atoms with Crippen LogP contribution in [0.5, 0.6) is 0 Å². The molecule has 28 heavy (non-hydrogen) atoms. The Labute approximate surface area is 197 Å². The molecule has 0 bridgehead atoms. The van der Waals surface area contributed by atoms with Crippen LogP contribution < -0.4 is 8.70 Å². The Morgan fingerprint density at radius 2 is 0.821 bits per heavy atom. The van der Waals surface area contributed by atoms with Gasteiger partial charge in [-0.15, -0.1) is 0 Å². The van der Waals surface area contributed by atoms with E-state index in [0.29, 0.717) is 0 Å². The molecule has 0 aliphatic carbocycles. The molecule has 139 valence electrons. The van der Waals surface area contributed by atoms with Crippen molar-refractivity contribution < 1.29 is 0 Å². The van der Waals surface area contributed by atoms with Crippen molar-refractivity contribution in [2.24, 2.45) is 0 Å². The summed E-state index contributed by atoms with van der Waals surface area (Å²) in [5.41, 5.74) is 0. The van der Waals surface area contributed by atoms with Crippen LogP contribution in [0.4, 0.5) is 0 Å². The van der Waals surface area contributed by atoms with Gasteiger partial charge in [-0.2, -0.15) is 0 Å². The maximum Gasteiger partial charge on any atom is 0 e. The van der Waals surface area contributed by atoms with E-state index in [9.17, 15) is 0 Å². The van der Waals surface area contributed by atoms with Crippen molar-refractivity contribution in [2.75, 3.05) is 0 Å². The minimum atomic E-state index is -2.65. The van der Waals surface area contributed by atoms with E-state index < -0.39 is 10.7 Å². The summed E-state index contributed by atoms with van der Waals surface area (Å²) in [4.78, 5) is 0. The van der Waals surface area contributed by atoms with Gasteiger partial charge >= 0.3 is 101 Å². The van der Waals surface area contributed by atoms with Crippen LogP contribution in [0.3, 0.4) is 0 Å². The van der Waals surface area contributed by atoms with Crippen LogP contribution in [0.2, 0.25) is 0 Å². The molecule has 0 heterocycles. The minimum Gasteiger partial charge on any atom is -0.0622 e. The summed E-state index contributed by atoms with van der Waals surface area (Å²) in [7, 11) is 8.67. The van der Waals surface area contributed by atoms with E-state index in [1.165, 1.54) is 0 Å². The first-order valence-corrected chi connectivity index (χ1v) is 15.7. The number of hydrogen-bond acceptors (Lipinski definition) is 2. The van der Waals surface area contributed by atoms with Crippen molar-refractivity contribution in [3.05, 3.63) is 133 Å². The molecule has 0 spiro atoms. The second-order valence-electron chi connectivity index (χ2n) is 5.38. The third-order valence-electron chi connectivity index (χ3n) is 3.41. The minimum absolute atomic E-state index is 0. The first-order valence-electron chi connectivity index (χ1n) is 8.46. The maximum absolute atomic E-state index is 5.66. The Bertz CT molecular complexity index is 774. The zero-order valence-electron chi connectivity index (χ0n) is 15.3. The summed E-state index contributed by atoms with van der Waals surface area (Å²) in [5, 5.41) is 0. The number of rotatable bonds is 2. The Morgan fingerprint density at radius 3 is 1.04 bits per heavy atom. The Kier molecular flexibility index (Phi) is 13.1. The van der Waals surface area contributed by atoms with E-state index in [2.05, 4.69) is 36.4 Å². The van der Waals surface area contributed by atoms with E-state index in [0.717, 1.165) is 8.70 Å². The van der Waals surface area contributed by atoms with Crippen molar-refractivity contribution in [3.63, 3.8) is 0 Å². The average Bonchev–Trinajstić information content (AvgIpc) is 2.78. The molecule has 0 saturated carbocycles. The van der Waals surface area contributed by atoms with Crippen LogP contribution in [-0.2, 0) is 10.9 Å². The molecule has 0 nitrogen and oxygen atoms in total. The predicted molar refractivity (Wildman–Crippen MR) is 129 cm³/mol. The average molecular weight is 569 g/mol. The van der Waals surface area contributed by atoms with Gasteiger partial charge in [-0.3, -0.25) is 0 Å². The summed E-state index contributed by atoms with van der Waals surface area (Å²) in [5.74, 6) is 0. The van der Waals surface area contributed by atoms with Crippen LogP contribution in [0.1, 0.15) is 0 Å². The van der Waals surface area contributed by atoms with Crippen molar-refractivity contribution in [1.29, 1.82) is 0 Å².